The van der Waals surface area contributed by atoms with Crippen LogP contribution in [0.15, 0.2) is 71.9 Å². The summed E-state index contributed by atoms with van der Waals surface area (Å²) in [6.07, 6.45) is 6.34. The van der Waals surface area contributed by atoms with Gasteiger partial charge in [-0.05, 0) is 55.7 Å². The number of benzene rings is 2. The molecule has 2 aliphatic rings. The first-order valence-electron chi connectivity index (χ1n) is 13.9. The summed E-state index contributed by atoms with van der Waals surface area (Å²) in [7, 11) is -4.46. The van der Waals surface area contributed by atoms with Crippen LogP contribution in [-0.2, 0) is 14.8 Å². The molecular formula is C29H30N6O7S. The molecule has 0 unspecified atom stereocenters. The molecule has 0 bridgehead atoms. The minimum Gasteiger partial charge on any atom is -0.455 e. The first kappa shape index (κ1) is 28.6. The summed E-state index contributed by atoms with van der Waals surface area (Å²) in [4.78, 5) is 33.6. The zero-order chi connectivity index (χ0) is 30.0. The van der Waals surface area contributed by atoms with Gasteiger partial charge in [-0.3, -0.25) is 19.8 Å². The van der Waals surface area contributed by atoms with Gasteiger partial charge in [-0.15, -0.1) is 0 Å². The van der Waals surface area contributed by atoms with Gasteiger partial charge in [0.1, 0.15) is 22.8 Å². The maximum absolute atomic E-state index is 13.1. The predicted octanol–water partition coefficient (Wildman–Crippen LogP) is 4.05. The van der Waals surface area contributed by atoms with Crippen LogP contribution in [0.25, 0.3) is 11.0 Å². The van der Waals surface area contributed by atoms with Crippen molar-refractivity contribution in [3.05, 3.63) is 82.7 Å². The second-order valence-corrected chi connectivity index (χ2v) is 12.2. The highest BCUT2D eigenvalue weighted by Crippen LogP contribution is 2.32. The lowest BCUT2D eigenvalue weighted by Crippen LogP contribution is -2.50. The number of hydrogen-bond acceptors (Lipinski definition) is 10. The van der Waals surface area contributed by atoms with E-state index >= 15 is 0 Å². The van der Waals surface area contributed by atoms with Gasteiger partial charge in [-0.2, -0.15) is 0 Å². The molecule has 0 spiro atoms. The molecule has 2 fully saturated rings. The number of aromatic nitrogens is 2. The second-order valence-electron chi connectivity index (χ2n) is 10.5. The van der Waals surface area contributed by atoms with Crippen LogP contribution in [-0.4, -0.2) is 72.5 Å². The van der Waals surface area contributed by atoms with Crippen molar-refractivity contribution in [3.8, 4) is 11.5 Å². The lowest BCUT2D eigenvalue weighted by atomic mass is 10.2. The van der Waals surface area contributed by atoms with Gasteiger partial charge in [-0.1, -0.05) is 12.1 Å². The summed E-state index contributed by atoms with van der Waals surface area (Å²) in [6, 6.07) is 14.2. The van der Waals surface area contributed by atoms with Crippen LogP contribution < -0.4 is 14.8 Å². The average molecular weight is 607 g/mol. The van der Waals surface area contributed by atoms with Crippen LogP contribution in [0.3, 0.4) is 0 Å². The molecule has 224 valence electrons. The first-order chi connectivity index (χ1) is 20.8. The van der Waals surface area contributed by atoms with Gasteiger partial charge in [0.15, 0.2) is 0 Å². The van der Waals surface area contributed by atoms with E-state index in [2.05, 4.69) is 20.2 Å². The van der Waals surface area contributed by atoms with E-state index in [0.717, 1.165) is 37.6 Å². The number of hydrogen-bond donors (Lipinski definition) is 3. The first-order valence-corrected chi connectivity index (χ1v) is 15.4. The summed E-state index contributed by atoms with van der Waals surface area (Å²) >= 11 is 0. The fourth-order valence-electron chi connectivity index (χ4n) is 5.03. The minimum absolute atomic E-state index is 0.0401. The van der Waals surface area contributed by atoms with E-state index in [1.54, 1.807) is 24.4 Å². The third-order valence-electron chi connectivity index (χ3n) is 7.45. The molecule has 1 aliphatic heterocycles. The topological polar surface area (TPSA) is 169 Å². The molecule has 13 nitrogen and oxygen atoms in total. The van der Waals surface area contributed by atoms with Crippen LogP contribution in [0, 0.1) is 10.1 Å². The molecular weight excluding hydrogens is 576 g/mol. The number of anilines is 1. The van der Waals surface area contributed by atoms with Crippen molar-refractivity contribution in [1.82, 2.24) is 19.6 Å². The summed E-state index contributed by atoms with van der Waals surface area (Å²) in [6.45, 7) is 2.80. The molecule has 1 aliphatic carbocycles. The number of ether oxygens (including phenoxy) is 2. The lowest BCUT2D eigenvalue weighted by Gasteiger charge is -2.37. The Labute approximate surface area is 247 Å². The van der Waals surface area contributed by atoms with Gasteiger partial charge in [-0.25, -0.2) is 18.1 Å². The number of rotatable bonds is 13. The van der Waals surface area contributed by atoms with Crippen LogP contribution in [0.4, 0.5) is 11.4 Å². The molecule has 0 atom stereocenters. The molecule has 14 heteroatoms. The normalized spacial score (nSPS) is 15.3. The van der Waals surface area contributed by atoms with Crippen LogP contribution >= 0.6 is 0 Å². The maximum atomic E-state index is 13.1. The molecule has 3 heterocycles. The molecule has 1 amide bonds. The number of nitro benzene ring substituents is 1. The number of nitrogens with zero attached hydrogens (tertiary/aromatic N) is 3. The number of aromatic amines is 1. The molecule has 3 N–H and O–H groups in total. The largest absolute Gasteiger partial charge is 0.455 e. The van der Waals surface area contributed by atoms with Crippen LogP contribution in [0.1, 0.15) is 29.6 Å². The van der Waals surface area contributed by atoms with E-state index in [1.807, 2.05) is 10.8 Å². The highest BCUT2D eigenvalue weighted by molar-refractivity contribution is 7.90. The number of pyridine rings is 1. The Morgan fingerprint density at radius 1 is 1.14 bits per heavy atom. The monoisotopic (exact) mass is 606 g/mol. The Bertz CT molecular complexity index is 1770. The Morgan fingerprint density at radius 2 is 1.95 bits per heavy atom. The Balaban J connectivity index is 1.12. The van der Waals surface area contributed by atoms with Crippen molar-refractivity contribution >= 4 is 38.3 Å². The number of fused-ring (bicyclic) bond motifs is 1. The zero-order valence-corrected chi connectivity index (χ0v) is 23.9. The Kier molecular flexibility index (Phi) is 7.97. The maximum Gasteiger partial charge on any atom is 0.293 e. The third kappa shape index (κ3) is 6.45. The minimum atomic E-state index is -4.46. The van der Waals surface area contributed by atoms with Gasteiger partial charge < -0.3 is 19.8 Å². The fraction of sp³-hybridized carbons (Fsp3) is 0.310. The van der Waals surface area contributed by atoms with Crippen molar-refractivity contribution in [2.24, 2.45) is 0 Å². The van der Waals surface area contributed by atoms with Crippen molar-refractivity contribution in [1.29, 1.82) is 0 Å². The smallest absolute Gasteiger partial charge is 0.293 e. The predicted molar refractivity (Wildman–Crippen MR) is 158 cm³/mol. The molecule has 2 aromatic carbocycles. The molecule has 6 rings (SSSR count). The lowest BCUT2D eigenvalue weighted by molar-refractivity contribution is -0.384. The molecule has 1 saturated carbocycles. The Hall–Kier alpha value is -4.53. The van der Waals surface area contributed by atoms with Crippen molar-refractivity contribution in [2.75, 3.05) is 31.6 Å². The van der Waals surface area contributed by atoms with Gasteiger partial charge >= 0.3 is 0 Å². The van der Waals surface area contributed by atoms with Gasteiger partial charge in [0, 0.05) is 36.8 Å². The highest BCUT2D eigenvalue weighted by atomic mass is 32.2. The van der Waals surface area contributed by atoms with Crippen LogP contribution in [0.2, 0.25) is 0 Å². The summed E-state index contributed by atoms with van der Waals surface area (Å²) in [5, 5.41) is 15.7. The number of para-hydroxylation sites is 1. The average Bonchev–Trinajstić information content (AvgIpc) is 3.70. The van der Waals surface area contributed by atoms with E-state index in [-0.39, 0.29) is 17.0 Å². The van der Waals surface area contributed by atoms with E-state index in [4.69, 9.17) is 9.47 Å². The summed E-state index contributed by atoms with van der Waals surface area (Å²) in [5.41, 5.74) is 0.423. The van der Waals surface area contributed by atoms with E-state index in [9.17, 15) is 23.3 Å². The van der Waals surface area contributed by atoms with E-state index in [1.165, 1.54) is 43.3 Å². The van der Waals surface area contributed by atoms with E-state index < -0.39 is 31.4 Å². The third-order valence-corrected chi connectivity index (χ3v) is 8.78. The number of sulfonamides is 1. The van der Waals surface area contributed by atoms with Crippen molar-refractivity contribution in [2.45, 2.75) is 36.2 Å². The van der Waals surface area contributed by atoms with Crippen LogP contribution in [0.5, 0.6) is 11.5 Å². The fourth-order valence-corrected chi connectivity index (χ4v) is 6.02. The van der Waals surface area contributed by atoms with E-state index in [0.29, 0.717) is 30.0 Å². The quantitative estimate of drug-likeness (QED) is 0.115. The number of carbonyl (C=O) groups is 1. The Morgan fingerprint density at radius 3 is 2.70 bits per heavy atom. The SMILES string of the molecule is O=C(NS(=O)(=O)c1ccc(NCCCN(C2CC2)C2COC2)c([N+](=O)[O-])c1)c1ccccc1Oc1cnc2[nH]ccc2c1. The van der Waals surface area contributed by atoms with Crippen molar-refractivity contribution < 1.29 is 27.6 Å². The standard InChI is InChI=1S/C29H30N6O7S/c36-29(24-4-1-2-5-27(24)42-22-14-19-10-12-31-28(19)32-16-22)33-43(39,40)23-8-9-25(26(15-23)35(37)38)30-11-3-13-34(20-6-7-20)21-17-41-18-21/h1-2,4-5,8-10,12,14-16,20-21,30H,3,6-7,11,13,17-18H2,(H,31,32)(H,33,36). The molecule has 1 saturated heterocycles. The number of H-pyrrole nitrogens is 1. The molecule has 4 aromatic rings. The van der Waals surface area contributed by atoms with Crippen molar-refractivity contribution in [3.63, 3.8) is 0 Å². The molecule has 0 radical (unpaired) electrons. The van der Waals surface area contributed by atoms with Gasteiger partial charge in [0.25, 0.3) is 21.6 Å². The second kappa shape index (κ2) is 12.0. The zero-order valence-electron chi connectivity index (χ0n) is 23.1. The number of carbonyl (C=O) groups excluding carboxylic acids is 1. The van der Waals surface area contributed by atoms with Gasteiger partial charge in [0.2, 0.25) is 0 Å². The molecule has 2 aromatic heterocycles. The number of nitrogens with one attached hydrogen (secondary N) is 3. The number of nitro groups is 1. The summed E-state index contributed by atoms with van der Waals surface area (Å²) in [5.74, 6) is -0.484. The number of amides is 1. The highest BCUT2D eigenvalue weighted by Gasteiger charge is 2.36. The molecule has 43 heavy (non-hydrogen) atoms. The van der Waals surface area contributed by atoms with Gasteiger partial charge in [0.05, 0.1) is 40.8 Å². The summed E-state index contributed by atoms with van der Waals surface area (Å²) < 4.78 is 39.5.